The maximum absolute atomic E-state index is 11.7. The molecule has 15 heavy (non-hydrogen) atoms. The first-order valence-electron chi connectivity index (χ1n) is 5.19. The van der Waals surface area contributed by atoms with Gasteiger partial charge in [-0.3, -0.25) is 4.79 Å². The summed E-state index contributed by atoms with van der Waals surface area (Å²) in [4.78, 5) is 13.3. The van der Waals surface area contributed by atoms with Crippen molar-refractivity contribution in [2.45, 2.75) is 51.6 Å². The summed E-state index contributed by atoms with van der Waals surface area (Å²) in [5.74, 6) is 0.0521. The zero-order chi connectivity index (χ0) is 12.1. The minimum Gasteiger partial charge on any atom is -0.342 e. The van der Waals surface area contributed by atoms with E-state index in [1.165, 1.54) is 0 Å². The molecular formula is C11H21N3O. The summed E-state index contributed by atoms with van der Waals surface area (Å²) >= 11 is 0. The third-order valence-corrected chi connectivity index (χ3v) is 2.42. The molecule has 0 heterocycles. The van der Waals surface area contributed by atoms with Gasteiger partial charge in [0.25, 0.3) is 0 Å². The Bertz CT molecular complexity index is 250. The number of amides is 1. The van der Waals surface area contributed by atoms with E-state index < -0.39 is 0 Å². The van der Waals surface area contributed by atoms with Crippen molar-refractivity contribution in [3.8, 4) is 6.07 Å². The standard InChI is InChI=1S/C11H21N3O/c1-9(6-8-12)14(4)10(15)5-7-11(2,3)13/h9H,5-7,13H2,1-4H3. The summed E-state index contributed by atoms with van der Waals surface area (Å²) in [6.07, 6.45) is 1.47. The first-order valence-corrected chi connectivity index (χ1v) is 5.19. The number of hydrogen-bond acceptors (Lipinski definition) is 3. The molecule has 2 N–H and O–H groups in total. The third-order valence-electron chi connectivity index (χ3n) is 2.42. The van der Waals surface area contributed by atoms with Crippen LogP contribution in [0, 0.1) is 11.3 Å². The van der Waals surface area contributed by atoms with Gasteiger partial charge in [0, 0.05) is 25.0 Å². The summed E-state index contributed by atoms with van der Waals surface area (Å²) in [6, 6.07) is 2.03. The van der Waals surface area contributed by atoms with Gasteiger partial charge >= 0.3 is 0 Å². The first-order chi connectivity index (χ1) is 6.78. The topological polar surface area (TPSA) is 70.1 Å². The van der Waals surface area contributed by atoms with Gasteiger partial charge in [0.2, 0.25) is 5.91 Å². The number of nitrogens with two attached hydrogens (primary N) is 1. The van der Waals surface area contributed by atoms with Crippen LogP contribution in [0.3, 0.4) is 0 Å². The van der Waals surface area contributed by atoms with Gasteiger partial charge in [-0.1, -0.05) is 0 Å². The molecule has 0 aromatic carbocycles. The summed E-state index contributed by atoms with van der Waals surface area (Å²) in [5.41, 5.74) is 5.49. The highest BCUT2D eigenvalue weighted by Gasteiger charge is 2.18. The minimum absolute atomic E-state index is 0.0246. The fourth-order valence-corrected chi connectivity index (χ4v) is 1.12. The molecule has 4 heteroatoms. The zero-order valence-electron chi connectivity index (χ0n) is 10.1. The van der Waals surface area contributed by atoms with Gasteiger partial charge in [0.15, 0.2) is 0 Å². The van der Waals surface area contributed by atoms with Gasteiger partial charge in [-0.25, -0.2) is 0 Å². The number of nitrogens with zero attached hydrogens (tertiary/aromatic N) is 2. The Labute approximate surface area is 92.0 Å². The smallest absolute Gasteiger partial charge is 0.222 e. The molecule has 1 unspecified atom stereocenters. The first kappa shape index (κ1) is 13.9. The van der Waals surface area contributed by atoms with Crippen LogP contribution in [0.5, 0.6) is 0 Å². The Kier molecular flexibility index (Phi) is 5.31. The number of hydrogen-bond donors (Lipinski definition) is 1. The summed E-state index contributed by atoms with van der Waals surface area (Å²) in [5, 5.41) is 8.52. The van der Waals surface area contributed by atoms with Crippen molar-refractivity contribution in [2.75, 3.05) is 7.05 Å². The third kappa shape index (κ3) is 6.08. The second-order valence-electron chi connectivity index (χ2n) is 4.70. The second-order valence-corrected chi connectivity index (χ2v) is 4.70. The molecule has 1 amide bonds. The van der Waals surface area contributed by atoms with E-state index in [0.29, 0.717) is 19.3 Å². The predicted octanol–water partition coefficient (Wildman–Crippen LogP) is 1.26. The van der Waals surface area contributed by atoms with E-state index in [0.717, 1.165) is 0 Å². The Morgan fingerprint density at radius 1 is 1.60 bits per heavy atom. The molecule has 0 aromatic heterocycles. The minimum atomic E-state index is -0.311. The van der Waals surface area contributed by atoms with Crippen molar-refractivity contribution in [3.05, 3.63) is 0 Å². The zero-order valence-corrected chi connectivity index (χ0v) is 10.1. The van der Waals surface area contributed by atoms with Crippen LogP contribution in [0.25, 0.3) is 0 Å². The van der Waals surface area contributed by atoms with Crippen LogP contribution in [-0.2, 0) is 4.79 Å². The van der Waals surface area contributed by atoms with Gasteiger partial charge in [0.05, 0.1) is 12.5 Å². The molecule has 1 atom stereocenters. The lowest BCUT2D eigenvalue weighted by molar-refractivity contribution is -0.131. The maximum atomic E-state index is 11.7. The summed E-state index contributed by atoms with van der Waals surface area (Å²) in [7, 11) is 1.73. The largest absolute Gasteiger partial charge is 0.342 e. The molecule has 86 valence electrons. The number of nitriles is 1. The van der Waals surface area contributed by atoms with Crippen LogP contribution < -0.4 is 5.73 Å². The molecule has 0 radical (unpaired) electrons. The quantitative estimate of drug-likeness (QED) is 0.744. The van der Waals surface area contributed by atoms with Crippen molar-refractivity contribution in [2.24, 2.45) is 5.73 Å². The average molecular weight is 211 g/mol. The van der Waals surface area contributed by atoms with Gasteiger partial charge in [-0.2, -0.15) is 5.26 Å². The molecule has 0 aliphatic rings. The summed E-state index contributed by atoms with van der Waals surface area (Å²) in [6.45, 7) is 5.67. The molecule has 0 rings (SSSR count). The molecule has 0 saturated carbocycles. The fraction of sp³-hybridized carbons (Fsp3) is 0.818. The number of carbonyl (C=O) groups is 1. The van der Waals surface area contributed by atoms with Gasteiger partial charge in [0.1, 0.15) is 0 Å². The Morgan fingerprint density at radius 2 is 2.13 bits per heavy atom. The molecule has 0 spiro atoms. The van der Waals surface area contributed by atoms with E-state index >= 15 is 0 Å². The molecule has 0 bridgehead atoms. The van der Waals surface area contributed by atoms with Crippen LogP contribution in [0.1, 0.15) is 40.0 Å². The van der Waals surface area contributed by atoms with Crippen LogP contribution in [0.4, 0.5) is 0 Å². The van der Waals surface area contributed by atoms with Crippen LogP contribution in [0.15, 0.2) is 0 Å². The highest BCUT2D eigenvalue weighted by Crippen LogP contribution is 2.10. The van der Waals surface area contributed by atoms with Crippen molar-refractivity contribution >= 4 is 5.91 Å². The SMILES string of the molecule is CC(CC#N)N(C)C(=O)CCC(C)(C)N. The van der Waals surface area contributed by atoms with Crippen molar-refractivity contribution in [1.82, 2.24) is 4.90 Å². The highest BCUT2D eigenvalue weighted by molar-refractivity contribution is 5.76. The predicted molar refractivity (Wildman–Crippen MR) is 60.0 cm³/mol. The fourth-order valence-electron chi connectivity index (χ4n) is 1.12. The number of rotatable bonds is 5. The summed E-state index contributed by atoms with van der Waals surface area (Å²) < 4.78 is 0. The van der Waals surface area contributed by atoms with Gasteiger partial charge < -0.3 is 10.6 Å². The lowest BCUT2D eigenvalue weighted by Crippen LogP contribution is -2.38. The van der Waals surface area contributed by atoms with Crippen LogP contribution >= 0.6 is 0 Å². The Balaban J connectivity index is 4.06. The second kappa shape index (κ2) is 5.72. The van der Waals surface area contributed by atoms with Gasteiger partial charge in [-0.05, 0) is 27.2 Å². The molecule has 0 aliphatic heterocycles. The molecule has 0 aliphatic carbocycles. The Hall–Kier alpha value is -1.08. The number of carbonyl (C=O) groups excluding carboxylic acids is 1. The normalized spacial score (nSPS) is 13.1. The molecule has 0 aromatic rings. The van der Waals surface area contributed by atoms with Crippen molar-refractivity contribution in [3.63, 3.8) is 0 Å². The van der Waals surface area contributed by atoms with Crippen molar-refractivity contribution < 1.29 is 4.79 Å². The van der Waals surface area contributed by atoms with E-state index in [2.05, 4.69) is 6.07 Å². The van der Waals surface area contributed by atoms with E-state index in [4.69, 9.17) is 11.0 Å². The highest BCUT2D eigenvalue weighted by atomic mass is 16.2. The van der Waals surface area contributed by atoms with E-state index in [1.807, 2.05) is 20.8 Å². The molecule has 0 fully saturated rings. The van der Waals surface area contributed by atoms with E-state index in [1.54, 1.807) is 11.9 Å². The molecule has 0 saturated heterocycles. The lowest BCUT2D eigenvalue weighted by Gasteiger charge is -2.25. The molecule has 4 nitrogen and oxygen atoms in total. The average Bonchev–Trinajstić information content (AvgIpc) is 2.12. The van der Waals surface area contributed by atoms with Crippen LogP contribution in [0.2, 0.25) is 0 Å². The lowest BCUT2D eigenvalue weighted by atomic mass is 9.99. The van der Waals surface area contributed by atoms with E-state index in [9.17, 15) is 4.79 Å². The van der Waals surface area contributed by atoms with Crippen molar-refractivity contribution in [1.29, 1.82) is 5.26 Å². The molecular weight excluding hydrogens is 190 g/mol. The van der Waals surface area contributed by atoms with Gasteiger partial charge in [-0.15, -0.1) is 0 Å². The Morgan fingerprint density at radius 3 is 2.53 bits per heavy atom. The van der Waals surface area contributed by atoms with Crippen LogP contribution in [-0.4, -0.2) is 29.4 Å². The van der Waals surface area contributed by atoms with E-state index in [-0.39, 0.29) is 17.5 Å². The maximum Gasteiger partial charge on any atom is 0.222 e. The monoisotopic (exact) mass is 211 g/mol.